The van der Waals surface area contributed by atoms with E-state index in [0.29, 0.717) is 6.54 Å². The van der Waals surface area contributed by atoms with E-state index in [-0.39, 0.29) is 6.04 Å². The largest absolute Gasteiger partial charge is 0.330 e. The second kappa shape index (κ2) is 5.61. The van der Waals surface area contributed by atoms with Crippen molar-refractivity contribution >= 4 is 11.0 Å². The predicted molar refractivity (Wildman–Crippen MR) is 82.7 cm³/mol. The molecule has 1 unspecified atom stereocenters. The third-order valence-corrected chi connectivity index (χ3v) is 3.63. The number of hydrogen-bond donors (Lipinski definition) is 1. The number of hydrogen-bond acceptors (Lipinski definition) is 4. The molecule has 21 heavy (non-hydrogen) atoms. The zero-order chi connectivity index (χ0) is 14.8. The summed E-state index contributed by atoms with van der Waals surface area (Å²) in [4.78, 5) is 13.2. The van der Waals surface area contributed by atoms with Crippen LogP contribution in [0.3, 0.4) is 0 Å². The third kappa shape index (κ3) is 2.78. The maximum Gasteiger partial charge on any atom is 0.126 e. The SMILES string of the molecule is Cc1nccc(CNC(C)c2nc3ccccc3n2C)n1. The van der Waals surface area contributed by atoms with Crippen molar-refractivity contribution in [3.63, 3.8) is 0 Å². The van der Waals surface area contributed by atoms with Crippen molar-refractivity contribution in [3.05, 3.63) is 53.9 Å². The number of rotatable bonds is 4. The van der Waals surface area contributed by atoms with Gasteiger partial charge in [0.25, 0.3) is 0 Å². The highest BCUT2D eigenvalue weighted by Gasteiger charge is 2.13. The van der Waals surface area contributed by atoms with Crippen LogP contribution in [0, 0.1) is 6.92 Å². The lowest BCUT2D eigenvalue weighted by atomic mass is 10.3. The van der Waals surface area contributed by atoms with Crippen molar-refractivity contribution < 1.29 is 0 Å². The molecule has 0 amide bonds. The molecule has 1 atom stereocenters. The normalized spacial score (nSPS) is 12.7. The standard InChI is InChI=1S/C16H19N5/c1-11(18-10-13-8-9-17-12(2)19-13)16-20-14-6-4-5-7-15(14)21(16)3/h4-9,11,18H,10H2,1-3H3. The zero-order valence-electron chi connectivity index (χ0n) is 12.5. The van der Waals surface area contributed by atoms with Gasteiger partial charge in [-0.05, 0) is 32.0 Å². The molecule has 0 saturated carbocycles. The van der Waals surface area contributed by atoms with Crippen LogP contribution in [0.2, 0.25) is 0 Å². The molecule has 3 aromatic rings. The van der Waals surface area contributed by atoms with Crippen molar-refractivity contribution in [3.8, 4) is 0 Å². The molecule has 0 aliphatic carbocycles. The number of aromatic nitrogens is 4. The number of fused-ring (bicyclic) bond motifs is 1. The number of nitrogens with zero attached hydrogens (tertiary/aromatic N) is 4. The fourth-order valence-corrected chi connectivity index (χ4v) is 2.50. The lowest BCUT2D eigenvalue weighted by molar-refractivity contribution is 0.527. The lowest BCUT2D eigenvalue weighted by Gasteiger charge is -2.13. The summed E-state index contributed by atoms with van der Waals surface area (Å²) in [5, 5.41) is 3.47. The average Bonchev–Trinajstić information content (AvgIpc) is 2.83. The predicted octanol–water partition coefficient (Wildman–Crippen LogP) is 2.52. The molecule has 0 fully saturated rings. The molecule has 5 heteroatoms. The summed E-state index contributed by atoms with van der Waals surface area (Å²) < 4.78 is 2.14. The van der Waals surface area contributed by atoms with Gasteiger partial charge in [-0.25, -0.2) is 15.0 Å². The molecule has 0 saturated heterocycles. The molecule has 1 aromatic carbocycles. The monoisotopic (exact) mass is 281 g/mol. The van der Waals surface area contributed by atoms with Crippen molar-refractivity contribution in [1.82, 2.24) is 24.8 Å². The van der Waals surface area contributed by atoms with E-state index in [4.69, 9.17) is 4.98 Å². The molecule has 108 valence electrons. The molecule has 0 radical (unpaired) electrons. The first kappa shape index (κ1) is 13.7. The van der Waals surface area contributed by atoms with E-state index in [9.17, 15) is 0 Å². The number of aryl methyl sites for hydroxylation is 2. The van der Waals surface area contributed by atoms with Crippen LogP contribution in [0.15, 0.2) is 36.5 Å². The topological polar surface area (TPSA) is 55.6 Å². The van der Waals surface area contributed by atoms with Crippen LogP contribution < -0.4 is 5.32 Å². The smallest absolute Gasteiger partial charge is 0.126 e. The van der Waals surface area contributed by atoms with Crippen molar-refractivity contribution in [1.29, 1.82) is 0 Å². The van der Waals surface area contributed by atoms with E-state index >= 15 is 0 Å². The fourth-order valence-electron chi connectivity index (χ4n) is 2.50. The maximum absolute atomic E-state index is 4.71. The Labute approximate surface area is 124 Å². The Morgan fingerprint density at radius 2 is 2.00 bits per heavy atom. The molecule has 0 spiro atoms. The Hall–Kier alpha value is -2.27. The Morgan fingerprint density at radius 1 is 1.19 bits per heavy atom. The molecule has 1 N–H and O–H groups in total. The molecule has 5 nitrogen and oxygen atoms in total. The second-order valence-corrected chi connectivity index (χ2v) is 5.22. The van der Waals surface area contributed by atoms with Crippen LogP contribution >= 0.6 is 0 Å². The molecule has 0 bridgehead atoms. The van der Waals surface area contributed by atoms with E-state index in [1.165, 1.54) is 0 Å². The van der Waals surface area contributed by atoms with Gasteiger partial charge in [-0.1, -0.05) is 12.1 Å². The van der Waals surface area contributed by atoms with Gasteiger partial charge in [-0.15, -0.1) is 0 Å². The quantitative estimate of drug-likeness (QED) is 0.798. The van der Waals surface area contributed by atoms with Gasteiger partial charge >= 0.3 is 0 Å². The molecule has 2 aromatic heterocycles. The van der Waals surface area contributed by atoms with Crippen LogP contribution in [0.4, 0.5) is 0 Å². The zero-order valence-corrected chi connectivity index (χ0v) is 12.5. The molecular weight excluding hydrogens is 262 g/mol. The lowest BCUT2D eigenvalue weighted by Crippen LogP contribution is -2.21. The first-order valence-electron chi connectivity index (χ1n) is 7.08. The first-order valence-corrected chi connectivity index (χ1v) is 7.08. The van der Waals surface area contributed by atoms with Crippen LogP contribution in [-0.4, -0.2) is 19.5 Å². The summed E-state index contributed by atoms with van der Waals surface area (Å²) in [6, 6.07) is 10.3. The number of nitrogens with one attached hydrogen (secondary N) is 1. The van der Waals surface area contributed by atoms with Gasteiger partial charge in [0.15, 0.2) is 0 Å². The average molecular weight is 281 g/mol. The highest BCUT2D eigenvalue weighted by molar-refractivity contribution is 5.75. The summed E-state index contributed by atoms with van der Waals surface area (Å²) in [6.07, 6.45) is 1.79. The van der Waals surface area contributed by atoms with E-state index in [1.54, 1.807) is 6.20 Å². The summed E-state index contributed by atoms with van der Waals surface area (Å²) in [5.74, 6) is 1.83. The van der Waals surface area contributed by atoms with Gasteiger partial charge < -0.3 is 9.88 Å². The van der Waals surface area contributed by atoms with Gasteiger partial charge in [0.1, 0.15) is 11.6 Å². The van der Waals surface area contributed by atoms with Crippen molar-refractivity contribution in [2.45, 2.75) is 26.4 Å². The number of benzene rings is 1. The first-order chi connectivity index (χ1) is 10.1. The summed E-state index contributed by atoms with van der Waals surface area (Å²) >= 11 is 0. The summed E-state index contributed by atoms with van der Waals surface area (Å²) in [6.45, 7) is 4.72. The fraction of sp³-hybridized carbons (Fsp3) is 0.312. The van der Waals surface area contributed by atoms with Gasteiger partial charge in [0, 0.05) is 19.8 Å². The molecule has 0 aliphatic heterocycles. The second-order valence-electron chi connectivity index (χ2n) is 5.22. The van der Waals surface area contributed by atoms with Crippen LogP contribution in [-0.2, 0) is 13.6 Å². The maximum atomic E-state index is 4.71. The van der Waals surface area contributed by atoms with Gasteiger partial charge in [-0.3, -0.25) is 0 Å². The van der Waals surface area contributed by atoms with E-state index in [2.05, 4.69) is 39.9 Å². The Morgan fingerprint density at radius 3 is 2.76 bits per heavy atom. The van der Waals surface area contributed by atoms with Gasteiger partial charge in [-0.2, -0.15) is 0 Å². The van der Waals surface area contributed by atoms with Crippen LogP contribution in [0.5, 0.6) is 0 Å². The minimum atomic E-state index is 0.151. The number of para-hydroxylation sites is 2. The Balaban J connectivity index is 1.78. The van der Waals surface area contributed by atoms with Crippen LogP contribution in [0.1, 0.15) is 30.3 Å². The Bertz CT molecular complexity index is 762. The van der Waals surface area contributed by atoms with E-state index in [0.717, 1.165) is 28.4 Å². The third-order valence-electron chi connectivity index (χ3n) is 3.63. The summed E-state index contributed by atoms with van der Waals surface area (Å²) in [7, 11) is 2.05. The van der Waals surface area contributed by atoms with Crippen molar-refractivity contribution in [2.24, 2.45) is 7.05 Å². The van der Waals surface area contributed by atoms with Gasteiger partial charge in [0.05, 0.1) is 22.8 Å². The molecule has 3 rings (SSSR count). The van der Waals surface area contributed by atoms with E-state index in [1.807, 2.05) is 31.2 Å². The minimum absolute atomic E-state index is 0.151. The molecular formula is C16H19N5. The molecule has 0 aliphatic rings. The molecule has 2 heterocycles. The highest BCUT2D eigenvalue weighted by Crippen LogP contribution is 2.19. The van der Waals surface area contributed by atoms with Crippen LogP contribution in [0.25, 0.3) is 11.0 Å². The van der Waals surface area contributed by atoms with E-state index < -0.39 is 0 Å². The Kier molecular flexibility index (Phi) is 3.66. The minimum Gasteiger partial charge on any atom is -0.330 e. The number of imidazole rings is 1. The highest BCUT2D eigenvalue weighted by atomic mass is 15.1. The summed E-state index contributed by atoms with van der Waals surface area (Å²) in [5.41, 5.74) is 3.17. The van der Waals surface area contributed by atoms with Gasteiger partial charge in [0.2, 0.25) is 0 Å². The van der Waals surface area contributed by atoms with Crippen molar-refractivity contribution in [2.75, 3.05) is 0 Å².